The summed E-state index contributed by atoms with van der Waals surface area (Å²) in [5, 5.41) is 7.44. The molecule has 1 aromatic heterocycles. The van der Waals surface area contributed by atoms with Crippen LogP contribution in [0.1, 0.15) is 31.1 Å². The van der Waals surface area contributed by atoms with Gasteiger partial charge in [0.1, 0.15) is 5.56 Å². The van der Waals surface area contributed by atoms with Crippen LogP contribution in [0.4, 0.5) is 0 Å². The molecule has 0 saturated carbocycles. The summed E-state index contributed by atoms with van der Waals surface area (Å²) in [6, 6.07) is 0. The fraction of sp³-hybridized carbons (Fsp3) is 0.500. The molecule has 0 radical (unpaired) electrons. The standard InChI is InChI=1S/C8H13N3O2/c1-8(2,3)10-6(12)5-4-9-11-7(5)13/h4H,1-3H3,(H,10,12)(H2,9,11,13). The molecule has 0 aliphatic heterocycles. The molecule has 1 heterocycles. The van der Waals surface area contributed by atoms with Gasteiger partial charge in [-0.2, -0.15) is 0 Å². The summed E-state index contributed by atoms with van der Waals surface area (Å²) in [7, 11) is 0. The molecule has 0 atom stereocenters. The van der Waals surface area contributed by atoms with Crippen LogP contribution in [0.15, 0.2) is 11.0 Å². The van der Waals surface area contributed by atoms with Crippen LogP contribution in [0, 0.1) is 0 Å². The Morgan fingerprint density at radius 3 is 2.46 bits per heavy atom. The number of amides is 1. The van der Waals surface area contributed by atoms with E-state index >= 15 is 0 Å². The Kier molecular flexibility index (Phi) is 2.27. The number of H-pyrrole nitrogens is 2. The summed E-state index contributed by atoms with van der Waals surface area (Å²) in [5.41, 5.74) is -0.627. The number of hydrogen-bond donors (Lipinski definition) is 3. The summed E-state index contributed by atoms with van der Waals surface area (Å²) in [6.45, 7) is 5.56. The van der Waals surface area contributed by atoms with E-state index in [-0.39, 0.29) is 17.0 Å². The monoisotopic (exact) mass is 183 g/mol. The Balaban J connectivity index is 2.82. The average molecular weight is 183 g/mol. The first-order chi connectivity index (χ1) is 5.90. The fourth-order valence-electron chi connectivity index (χ4n) is 0.883. The third-order valence-electron chi connectivity index (χ3n) is 1.38. The second-order valence-electron chi connectivity index (χ2n) is 3.86. The lowest BCUT2D eigenvalue weighted by Gasteiger charge is -2.19. The molecule has 0 bridgehead atoms. The van der Waals surface area contributed by atoms with Crippen LogP contribution < -0.4 is 10.9 Å². The maximum Gasteiger partial charge on any atom is 0.276 e. The molecular weight excluding hydrogens is 170 g/mol. The molecule has 0 aliphatic rings. The number of carbonyl (C=O) groups is 1. The number of rotatable bonds is 1. The molecule has 0 unspecified atom stereocenters. The molecule has 13 heavy (non-hydrogen) atoms. The average Bonchev–Trinajstić information content (AvgIpc) is 2.30. The zero-order valence-corrected chi connectivity index (χ0v) is 7.89. The Morgan fingerprint density at radius 1 is 1.46 bits per heavy atom. The van der Waals surface area contributed by atoms with Crippen molar-refractivity contribution < 1.29 is 4.79 Å². The summed E-state index contributed by atoms with van der Waals surface area (Å²) >= 11 is 0. The van der Waals surface area contributed by atoms with Crippen LogP contribution in [-0.2, 0) is 0 Å². The van der Waals surface area contributed by atoms with Gasteiger partial charge < -0.3 is 10.4 Å². The number of hydrogen-bond acceptors (Lipinski definition) is 2. The van der Waals surface area contributed by atoms with E-state index in [1.165, 1.54) is 6.20 Å². The third kappa shape index (κ3) is 2.47. The normalized spacial score (nSPS) is 11.3. The molecule has 3 N–H and O–H groups in total. The first-order valence-electron chi connectivity index (χ1n) is 3.99. The van der Waals surface area contributed by atoms with E-state index < -0.39 is 5.56 Å². The predicted molar refractivity (Wildman–Crippen MR) is 48.6 cm³/mol. The number of aromatic amines is 2. The molecule has 1 aromatic rings. The molecule has 1 amide bonds. The van der Waals surface area contributed by atoms with Gasteiger partial charge in [-0.15, -0.1) is 0 Å². The highest BCUT2D eigenvalue weighted by molar-refractivity contribution is 5.93. The Bertz CT molecular complexity index is 356. The smallest absolute Gasteiger partial charge is 0.276 e. The molecule has 0 spiro atoms. The van der Waals surface area contributed by atoms with Gasteiger partial charge >= 0.3 is 0 Å². The van der Waals surface area contributed by atoms with Gasteiger partial charge in [-0.1, -0.05) is 0 Å². The van der Waals surface area contributed by atoms with E-state index in [0.29, 0.717) is 0 Å². The van der Waals surface area contributed by atoms with Crippen LogP contribution >= 0.6 is 0 Å². The van der Waals surface area contributed by atoms with E-state index in [2.05, 4.69) is 15.5 Å². The van der Waals surface area contributed by atoms with E-state index in [1.54, 1.807) is 0 Å². The van der Waals surface area contributed by atoms with Crippen molar-refractivity contribution in [2.45, 2.75) is 26.3 Å². The van der Waals surface area contributed by atoms with Crippen molar-refractivity contribution in [3.05, 3.63) is 22.1 Å². The summed E-state index contributed by atoms with van der Waals surface area (Å²) in [4.78, 5) is 22.4. The lowest BCUT2D eigenvalue weighted by molar-refractivity contribution is 0.0918. The minimum atomic E-state index is -0.401. The predicted octanol–water partition coefficient (Wildman–Crippen LogP) is 0.231. The number of nitrogens with one attached hydrogen (secondary N) is 3. The topological polar surface area (TPSA) is 77.8 Å². The molecule has 0 aliphatic carbocycles. The second-order valence-corrected chi connectivity index (χ2v) is 3.86. The van der Waals surface area contributed by atoms with Gasteiger partial charge in [0, 0.05) is 11.7 Å². The van der Waals surface area contributed by atoms with E-state index in [4.69, 9.17) is 0 Å². The van der Waals surface area contributed by atoms with Crippen LogP contribution in [0.25, 0.3) is 0 Å². The van der Waals surface area contributed by atoms with Crippen LogP contribution in [0.3, 0.4) is 0 Å². The minimum Gasteiger partial charge on any atom is -0.347 e. The van der Waals surface area contributed by atoms with Gasteiger partial charge in [0.15, 0.2) is 0 Å². The third-order valence-corrected chi connectivity index (χ3v) is 1.38. The van der Waals surface area contributed by atoms with E-state index in [0.717, 1.165) is 0 Å². The first kappa shape index (κ1) is 9.57. The van der Waals surface area contributed by atoms with Gasteiger partial charge in [0.2, 0.25) is 0 Å². The number of aromatic nitrogens is 2. The summed E-state index contributed by atoms with van der Waals surface area (Å²) in [5.74, 6) is -0.366. The lowest BCUT2D eigenvalue weighted by Crippen LogP contribution is -2.41. The van der Waals surface area contributed by atoms with E-state index in [1.807, 2.05) is 20.8 Å². The molecule has 0 saturated heterocycles. The maximum atomic E-state index is 11.4. The van der Waals surface area contributed by atoms with Crippen LogP contribution in [-0.4, -0.2) is 21.6 Å². The van der Waals surface area contributed by atoms with Crippen molar-refractivity contribution in [3.63, 3.8) is 0 Å². The number of carbonyl (C=O) groups excluding carboxylic acids is 1. The molecular formula is C8H13N3O2. The van der Waals surface area contributed by atoms with Crippen molar-refractivity contribution in [1.29, 1.82) is 0 Å². The summed E-state index contributed by atoms with van der Waals surface area (Å²) in [6.07, 6.45) is 1.35. The van der Waals surface area contributed by atoms with E-state index in [9.17, 15) is 9.59 Å². The molecule has 72 valence electrons. The highest BCUT2D eigenvalue weighted by Gasteiger charge is 2.17. The molecule has 0 fully saturated rings. The zero-order valence-electron chi connectivity index (χ0n) is 7.89. The largest absolute Gasteiger partial charge is 0.347 e. The maximum absolute atomic E-state index is 11.4. The molecule has 5 nitrogen and oxygen atoms in total. The van der Waals surface area contributed by atoms with Crippen molar-refractivity contribution >= 4 is 5.91 Å². The first-order valence-corrected chi connectivity index (χ1v) is 3.99. The SMILES string of the molecule is CC(C)(C)NC(=O)c1c[nH][nH]c1=O. The highest BCUT2D eigenvalue weighted by Crippen LogP contribution is 2.00. The summed E-state index contributed by atoms with van der Waals surface area (Å²) < 4.78 is 0. The fourth-order valence-corrected chi connectivity index (χ4v) is 0.883. The van der Waals surface area contributed by atoms with Gasteiger partial charge in [0.25, 0.3) is 11.5 Å². The Morgan fingerprint density at radius 2 is 2.08 bits per heavy atom. The second kappa shape index (κ2) is 3.08. The van der Waals surface area contributed by atoms with Crippen molar-refractivity contribution in [3.8, 4) is 0 Å². The van der Waals surface area contributed by atoms with Crippen LogP contribution in [0.5, 0.6) is 0 Å². The zero-order chi connectivity index (χ0) is 10.1. The Hall–Kier alpha value is -1.52. The lowest BCUT2D eigenvalue weighted by atomic mass is 10.1. The van der Waals surface area contributed by atoms with Crippen molar-refractivity contribution in [2.24, 2.45) is 0 Å². The van der Waals surface area contributed by atoms with Crippen molar-refractivity contribution in [1.82, 2.24) is 15.5 Å². The van der Waals surface area contributed by atoms with Gasteiger partial charge in [0.05, 0.1) is 0 Å². The molecule has 1 rings (SSSR count). The van der Waals surface area contributed by atoms with Gasteiger partial charge in [-0.25, -0.2) is 0 Å². The van der Waals surface area contributed by atoms with Crippen molar-refractivity contribution in [2.75, 3.05) is 0 Å². The van der Waals surface area contributed by atoms with Gasteiger partial charge in [-0.3, -0.25) is 14.7 Å². The van der Waals surface area contributed by atoms with Crippen LogP contribution in [0.2, 0.25) is 0 Å². The highest BCUT2D eigenvalue weighted by atomic mass is 16.2. The quantitative estimate of drug-likeness (QED) is 0.582. The van der Waals surface area contributed by atoms with Gasteiger partial charge in [-0.05, 0) is 20.8 Å². The molecule has 0 aromatic carbocycles. The Labute approximate surface area is 75.5 Å². The minimum absolute atomic E-state index is 0.106. The molecule has 5 heteroatoms.